The van der Waals surface area contributed by atoms with E-state index in [9.17, 15) is 14.4 Å². The van der Waals surface area contributed by atoms with Crippen LogP contribution in [0.15, 0.2) is 35.5 Å². The van der Waals surface area contributed by atoms with Crippen molar-refractivity contribution >= 4 is 18.1 Å². The number of piperazine rings is 1. The maximum Gasteiger partial charge on any atom is 0.409 e. The lowest BCUT2D eigenvalue weighted by molar-refractivity contribution is -0.139. The van der Waals surface area contributed by atoms with Crippen molar-refractivity contribution in [2.75, 3.05) is 53.0 Å². The molecule has 0 spiro atoms. The fourth-order valence-electron chi connectivity index (χ4n) is 3.79. The third-order valence-electron chi connectivity index (χ3n) is 5.36. The van der Waals surface area contributed by atoms with Crippen LogP contribution in [0.4, 0.5) is 9.59 Å². The van der Waals surface area contributed by atoms with Crippen LogP contribution in [0.5, 0.6) is 5.75 Å². The fourth-order valence-corrected chi connectivity index (χ4v) is 3.79. The number of hydrogen-bond acceptors (Lipinski definition) is 7. The molecule has 0 aromatic heterocycles. The van der Waals surface area contributed by atoms with Crippen LogP contribution in [0.25, 0.3) is 0 Å². The SMILES string of the molecule is CCOC(=O)C1=C(CN2CCN(C(=O)OCC)CC2)NC(=O)N[C@@H]1c1cccc(OC)c1. The summed E-state index contributed by atoms with van der Waals surface area (Å²) in [5, 5.41) is 5.61. The van der Waals surface area contributed by atoms with E-state index in [2.05, 4.69) is 15.5 Å². The van der Waals surface area contributed by atoms with Gasteiger partial charge >= 0.3 is 18.1 Å². The van der Waals surface area contributed by atoms with Crippen molar-refractivity contribution in [3.63, 3.8) is 0 Å². The van der Waals surface area contributed by atoms with Gasteiger partial charge in [-0.3, -0.25) is 4.90 Å². The number of carbonyl (C=O) groups is 3. The third kappa shape index (κ3) is 5.50. The number of nitrogens with zero attached hydrogens (tertiary/aromatic N) is 2. The van der Waals surface area contributed by atoms with Gasteiger partial charge in [0.1, 0.15) is 5.75 Å². The minimum atomic E-state index is -0.672. The van der Waals surface area contributed by atoms with Gasteiger partial charge in [0.2, 0.25) is 0 Å². The number of carbonyl (C=O) groups excluding carboxylic acids is 3. The summed E-state index contributed by atoms with van der Waals surface area (Å²) < 4.78 is 15.7. The molecule has 174 valence electrons. The second-order valence-corrected chi connectivity index (χ2v) is 7.38. The monoisotopic (exact) mass is 446 g/mol. The minimum Gasteiger partial charge on any atom is -0.497 e. The molecule has 0 bridgehead atoms. The summed E-state index contributed by atoms with van der Waals surface area (Å²) in [6.45, 7) is 6.60. The molecule has 0 unspecified atom stereocenters. The molecule has 2 aliphatic rings. The van der Waals surface area contributed by atoms with Crippen LogP contribution < -0.4 is 15.4 Å². The van der Waals surface area contributed by atoms with Gasteiger partial charge in [0, 0.05) is 38.4 Å². The van der Waals surface area contributed by atoms with Crippen molar-refractivity contribution in [2.45, 2.75) is 19.9 Å². The highest BCUT2D eigenvalue weighted by Crippen LogP contribution is 2.30. The number of hydrogen-bond donors (Lipinski definition) is 2. The van der Waals surface area contributed by atoms with Crippen molar-refractivity contribution in [3.8, 4) is 5.75 Å². The summed E-state index contributed by atoms with van der Waals surface area (Å²) in [5.41, 5.74) is 1.56. The van der Waals surface area contributed by atoms with Gasteiger partial charge < -0.3 is 29.7 Å². The molecule has 3 amide bonds. The van der Waals surface area contributed by atoms with Gasteiger partial charge in [0.15, 0.2) is 0 Å². The van der Waals surface area contributed by atoms with Crippen LogP contribution in [-0.2, 0) is 14.3 Å². The Morgan fingerprint density at radius 3 is 2.47 bits per heavy atom. The van der Waals surface area contributed by atoms with Gasteiger partial charge in [-0.05, 0) is 31.5 Å². The van der Waals surface area contributed by atoms with E-state index in [1.807, 2.05) is 6.07 Å². The maximum absolute atomic E-state index is 12.9. The highest BCUT2D eigenvalue weighted by molar-refractivity contribution is 5.95. The first-order chi connectivity index (χ1) is 15.5. The lowest BCUT2D eigenvalue weighted by atomic mass is 9.94. The van der Waals surface area contributed by atoms with E-state index in [4.69, 9.17) is 14.2 Å². The Hall–Kier alpha value is -3.27. The summed E-state index contributed by atoms with van der Waals surface area (Å²) in [6.07, 6.45) is -0.327. The van der Waals surface area contributed by atoms with Gasteiger partial charge in [-0.2, -0.15) is 0 Å². The first-order valence-electron chi connectivity index (χ1n) is 10.7. The smallest absolute Gasteiger partial charge is 0.409 e. The first-order valence-corrected chi connectivity index (χ1v) is 10.7. The molecule has 10 heteroatoms. The Morgan fingerprint density at radius 1 is 1.09 bits per heavy atom. The fraction of sp³-hybridized carbons (Fsp3) is 0.500. The number of rotatable bonds is 7. The summed E-state index contributed by atoms with van der Waals surface area (Å²) in [6, 6.07) is 6.14. The second kappa shape index (κ2) is 10.9. The molecule has 1 atom stereocenters. The zero-order valence-corrected chi connectivity index (χ0v) is 18.7. The summed E-state index contributed by atoms with van der Waals surface area (Å²) in [4.78, 5) is 41.1. The molecule has 0 radical (unpaired) electrons. The number of esters is 1. The third-order valence-corrected chi connectivity index (χ3v) is 5.36. The van der Waals surface area contributed by atoms with E-state index >= 15 is 0 Å². The molecule has 2 N–H and O–H groups in total. The molecule has 1 saturated heterocycles. The molecule has 2 heterocycles. The number of nitrogens with one attached hydrogen (secondary N) is 2. The van der Waals surface area contributed by atoms with E-state index in [-0.39, 0.29) is 12.7 Å². The van der Waals surface area contributed by atoms with E-state index in [0.717, 1.165) is 0 Å². The topological polar surface area (TPSA) is 109 Å². The molecule has 1 aromatic carbocycles. The lowest BCUT2D eigenvalue weighted by Crippen LogP contribution is -2.52. The summed E-state index contributed by atoms with van der Waals surface area (Å²) >= 11 is 0. The Bertz CT molecular complexity index is 879. The van der Waals surface area contributed by atoms with E-state index in [0.29, 0.717) is 61.9 Å². The number of urea groups is 1. The van der Waals surface area contributed by atoms with Crippen LogP contribution in [0.1, 0.15) is 25.5 Å². The molecular formula is C22H30N4O6. The quantitative estimate of drug-likeness (QED) is 0.613. The van der Waals surface area contributed by atoms with E-state index in [1.165, 1.54) is 0 Å². The van der Waals surface area contributed by atoms with Crippen LogP contribution in [-0.4, -0.2) is 80.9 Å². The van der Waals surface area contributed by atoms with Gasteiger partial charge in [0.25, 0.3) is 0 Å². The van der Waals surface area contributed by atoms with Crippen LogP contribution in [0.3, 0.4) is 0 Å². The highest BCUT2D eigenvalue weighted by atomic mass is 16.6. The molecule has 1 fully saturated rings. The van der Waals surface area contributed by atoms with Gasteiger partial charge in [0.05, 0.1) is 31.9 Å². The Morgan fingerprint density at radius 2 is 1.81 bits per heavy atom. The average Bonchev–Trinajstić information content (AvgIpc) is 2.79. The predicted octanol–water partition coefficient (Wildman–Crippen LogP) is 1.64. The number of benzene rings is 1. The lowest BCUT2D eigenvalue weighted by Gasteiger charge is -2.36. The molecule has 0 aliphatic carbocycles. The Labute approximate surface area is 187 Å². The minimum absolute atomic E-state index is 0.215. The van der Waals surface area contributed by atoms with Gasteiger partial charge in [-0.15, -0.1) is 0 Å². The van der Waals surface area contributed by atoms with Crippen molar-refractivity contribution in [2.24, 2.45) is 0 Å². The van der Waals surface area contributed by atoms with Crippen LogP contribution in [0, 0.1) is 0 Å². The second-order valence-electron chi connectivity index (χ2n) is 7.38. The molecular weight excluding hydrogens is 416 g/mol. The number of amides is 3. The highest BCUT2D eigenvalue weighted by Gasteiger charge is 2.35. The molecule has 32 heavy (non-hydrogen) atoms. The van der Waals surface area contributed by atoms with Crippen LogP contribution in [0.2, 0.25) is 0 Å². The van der Waals surface area contributed by atoms with Gasteiger partial charge in [-0.25, -0.2) is 14.4 Å². The summed E-state index contributed by atoms with van der Waals surface area (Å²) in [7, 11) is 1.56. The zero-order valence-electron chi connectivity index (χ0n) is 18.7. The standard InChI is InChI=1S/C22H30N4O6/c1-4-31-20(27)18-17(14-25-9-11-26(12-10-25)22(29)32-5-2)23-21(28)24-19(18)15-7-6-8-16(13-15)30-3/h6-8,13,19H,4-5,9-12,14H2,1-3H3,(H2,23,24,28)/t19-/m1/s1. The molecule has 10 nitrogen and oxygen atoms in total. The average molecular weight is 447 g/mol. The first kappa shape index (κ1) is 23.4. The normalized spacial score (nSPS) is 19.2. The Balaban J connectivity index is 1.85. The predicted molar refractivity (Wildman–Crippen MR) is 116 cm³/mol. The number of ether oxygens (including phenoxy) is 3. The van der Waals surface area contributed by atoms with Crippen LogP contribution >= 0.6 is 0 Å². The van der Waals surface area contributed by atoms with Crippen molar-refractivity contribution in [3.05, 3.63) is 41.1 Å². The van der Waals surface area contributed by atoms with E-state index < -0.39 is 18.0 Å². The van der Waals surface area contributed by atoms with E-state index in [1.54, 1.807) is 44.1 Å². The van der Waals surface area contributed by atoms with Crippen molar-refractivity contribution in [1.29, 1.82) is 0 Å². The molecule has 2 aliphatic heterocycles. The van der Waals surface area contributed by atoms with Crippen molar-refractivity contribution < 1.29 is 28.6 Å². The summed E-state index contributed by atoms with van der Waals surface area (Å²) in [5.74, 6) is 0.128. The van der Waals surface area contributed by atoms with Gasteiger partial charge in [-0.1, -0.05) is 12.1 Å². The molecule has 0 saturated carbocycles. The zero-order chi connectivity index (χ0) is 23.1. The number of methoxy groups -OCH3 is 1. The Kier molecular flexibility index (Phi) is 7.93. The maximum atomic E-state index is 12.9. The molecule has 3 rings (SSSR count). The molecule has 1 aromatic rings. The van der Waals surface area contributed by atoms with Crippen molar-refractivity contribution in [1.82, 2.24) is 20.4 Å². The largest absolute Gasteiger partial charge is 0.497 e.